The van der Waals surface area contributed by atoms with Crippen LogP contribution in [0.3, 0.4) is 0 Å². The maximum absolute atomic E-state index is 13.4. The van der Waals surface area contributed by atoms with Crippen molar-refractivity contribution in [1.29, 1.82) is 0 Å². The predicted octanol–water partition coefficient (Wildman–Crippen LogP) is 6.86. The monoisotopic (exact) mass is 642 g/mol. The molecule has 0 aliphatic carbocycles. The number of rotatable bonds is 4. The number of anilines is 1. The van der Waals surface area contributed by atoms with Gasteiger partial charge in [0.1, 0.15) is 33.8 Å². The van der Waals surface area contributed by atoms with Gasteiger partial charge in [0.05, 0.1) is 10.0 Å². The third-order valence-electron chi connectivity index (χ3n) is 6.97. The number of halogens is 2. The quantitative estimate of drug-likeness (QED) is 0.244. The number of nitrogens with zero attached hydrogens (tertiary/aromatic N) is 6. The standard InChI is InChI=1S/C30H36Cl2N8O4/c1-28(2,3)43-26(41)36-30(7)12-15-39(16-13-30)24-22(19-11-14-33-37-19)34-23-21(17-9-8-10-18(31)20(17)32)38-40(25(23)35-24)27(42)44-29(4,5)6/h8-11,14H,12-13,15-16H2,1-7H3,(H,33,37)(H,36,41). The highest BCUT2D eigenvalue weighted by atomic mass is 35.5. The van der Waals surface area contributed by atoms with Crippen molar-refractivity contribution >= 4 is 52.4 Å². The van der Waals surface area contributed by atoms with Crippen LogP contribution in [0.4, 0.5) is 15.4 Å². The van der Waals surface area contributed by atoms with E-state index in [0.717, 1.165) is 4.68 Å². The number of aromatic nitrogens is 6. The molecule has 4 heterocycles. The number of ether oxygens (including phenoxy) is 2. The van der Waals surface area contributed by atoms with E-state index in [2.05, 4.69) is 25.5 Å². The maximum Gasteiger partial charge on any atom is 0.437 e. The molecule has 0 bridgehead atoms. The molecular formula is C30H36Cl2N8O4. The first-order valence-electron chi connectivity index (χ1n) is 14.3. The molecule has 5 rings (SSSR count). The average Bonchev–Trinajstić information content (AvgIpc) is 3.56. The Bertz CT molecular complexity index is 1700. The molecule has 0 spiro atoms. The zero-order chi connectivity index (χ0) is 32.0. The lowest BCUT2D eigenvalue weighted by Crippen LogP contribution is -2.54. The number of alkyl carbamates (subject to hydrolysis) is 1. The molecule has 0 saturated carbocycles. The summed E-state index contributed by atoms with van der Waals surface area (Å²) in [5.41, 5.74) is 0.509. The van der Waals surface area contributed by atoms with Crippen molar-refractivity contribution in [2.45, 2.75) is 78.0 Å². The average molecular weight is 644 g/mol. The second-order valence-corrected chi connectivity index (χ2v) is 13.8. The predicted molar refractivity (Wildman–Crippen MR) is 169 cm³/mol. The van der Waals surface area contributed by atoms with Crippen LogP contribution >= 0.6 is 23.2 Å². The second kappa shape index (κ2) is 11.6. The smallest absolute Gasteiger partial charge is 0.437 e. The summed E-state index contributed by atoms with van der Waals surface area (Å²) in [5, 5.41) is 15.5. The molecule has 234 valence electrons. The Balaban J connectivity index is 1.60. The summed E-state index contributed by atoms with van der Waals surface area (Å²) < 4.78 is 12.3. The van der Waals surface area contributed by atoms with Crippen molar-refractivity contribution in [3.63, 3.8) is 0 Å². The van der Waals surface area contributed by atoms with Gasteiger partial charge in [-0.15, -0.1) is 4.68 Å². The van der Waals surface area contributed by atoms with Gasteiger partial charge in [-0.2, -0.15) is 10.2 Å². The molecule has 1 aliphatic rings. The van der Waals surface area contributed by atoms with Gasteiger partial charge in [-0.3, -0.25) is 5.10 Å². The van der Waals surface area contributed by atoms with Crippen molar-refractivity contribution in [2.75, 3.05) is 18.0 Å². The highest BCUT2D eigenvalue weighted by Gasteiger charge is 2.36. The minimum Gasteiger partial charge on any atom is -0.444 e. The van der Waals surface area contributed by atoms with Crippen LogP contribution in [0.5, 0.6) is 0 Å². The summed E-state index contributed by atoms with van der Waals surface area (Å²) in [6.45, 7) is 13.9. The third-order valence-corrected chi connectivity index (χ3v) is 7.79. The Hall–Kier alpha value is -3.90. The minimum absolute atomic E-state index is 0.194. The highest BCUT2D eigenvalue weighted by Crippen LogP contribution is 2.39. The van der Waals surface area contributed by atoms with Crippen LogP contribution < -0.4 is 10.2 Å². The van der Waals surface area contributed by atoms with Crippen molar-refractivity contribution in [2.24, 2.45) is 0 Å². The van der Waals surface area contributed by atoms with Crippen molar-refractivity contribution in [1.82, 2.24) is 35.3 Å². The van der Waals surface area contributed by atoms with Crippen LogP contribution in [-0.2, 0) is 9.47 Å². The van der Waals surface area contributed by atoms with E-state index in [-0.39, 0.29) is 10.7 Å². The largest absolute Gasteiger partial charge is 0.444 e. The topological polar surface area (TPSA) is 140 Å². The Morgan fingerprint density at radius 3 is 2.27 bits per heavy atom. The van der Waals surface area contributed by atoms with Gasteiger partial charge in [-0.25, -0.2) is 19.6 Å². The molecule has 1 aromatic carbocycles. The molecular weight excluding hydrogens is 607 g/mol. The van der Waals surface area contributed by atoms with Gasteiger partial charge < -0.3 is 19.7 Å². The summed E-state index contributed by atoms with van der Waals surface area (Å²) in [4.78, 5) is 38.0. The number of carbonyl (C=O) groups excluding carboxylic acids is 2. The van der Waals surface area contributed by atoms with E-state index in [1.54, 1.807) is 51.2 Å². The number of hydrogen-bond donors (Lipinski definition) is 2. The Morgan fingerprint density at radius 1 is 0.977 bits per heavy atom. The van der Waals surface area contributed by atoms with Gasteiger partial charge in [-0.1, -0.05) is 35.3 Å². The lowest BCUT2D eigenvalue weighted by atomic mass is 9.89. The van der Waals surface area contributed by atoms with E-state index in [0.29, 0.717) is 64.9 Å². The van der Waals surface area contributed by atoms with Crippen molar-refractivity contribution in [3.05, 3.63) is 40.5 Å². The summed E-state index contributed by atoms with van der Waals surface area (Å²) in [6.07, 6.45) is 1.75. The normalized spacial score (nSPS) is 15.3. The fourth-order valence-electron chi connectivity index (χ4n) is 4.89. The molecule has 12 nitrogen and oxygen atoms in total. The first-order chi connectivity index (χ1) is 20.5. The number of benzene rings is 1. The zero-order valence-electron chi connectivity index (χ0n) is 25.8. The fourth-order valence-corrected chi connectivity index (χ4v) is 5.28. The molecule has 3 aromatic heterocycles. The number of hydrogen-bond acceptors (Lipinski definition) is 9. The number of amides is 1. The van der Waals surface area contributed by atoms with Gasteiger partial charge in [0.15, 0.2) is 11.5 Å². The molecule has 1 saturated heterocycles. The van der Waals surface area contributed by atoms with Crippen LogP contribution in [-0.4, -0.2) is 72.0 Å². The van der Waals surface area contributed by atoms with E-state index >= 15 is 0 Å². The summed E-state index contributed by atoms with van der Waals surface area (Å²) in [6, 6.07) is 6.96. The van der Waals surface area contributed by atoms with Crippen LogP contribution in [0.25, 0.3) is 33.8 Å². The molecule has 0 unspecified atom stereocenters. The van der Waals surface area contributed by atoms with Gasteiger partial charge in [-0.05, 0) is 73.4 Å². The van der Waals surface area contributed by atoms with Gasteiger partial charge in [0.25, 0.3) is 0 Å². The molecule has 1 aliphatic heterocycles. The van der Waals surface area contributed by atoms with E-state index < -0.39 is 28.9 Å². The fraction of sp³-hybridized carbons (Fsp3) is 0.467. The molecule has 44 heavy (non-hydrogen) atoms. The Kier molecular flexibility index (Phi) is 8.27. The van der Waals surface area contributed by atoms with Crippen LogP contribution in [0, 0.1) is 0 Å². The molecule has 14 heteroatoms. The van der Waals surface area contributed by atoms with Crippen molar-refractivity contribution < 1.29 is 19.1 Å². The lowest BCUT2D eigenvalue weighted by Gasteiger charge is -2.40. The molecule has 1 amide bonds. The van der Waals surface area contributed by atoms with Gasteiger partial charge in [0.2, 0.25) is 0 Å². The van der Waals surface area contributed by atoms with Crippen LogP contribution in [0.15, 0.2) is 30.5 Å². The maximum atomic E-state index is 13.4. The highest BCUT2D eigenvalue weighted by molar-refractivity contribution is 6.43. The lowest BCUT2D eigenvalue weighted by molar-refractivity contribution is 0.0446. The summed E-state index contributed by atoms with van der Waals surface area (Å²) in [5.74, 6) is 0.511. The van der Waals surface area contributed by atoms with E-state index in [9.17, 15) is 9.59 Å². The van der Waals surface area contributed by atoms with E-state index in [4.69, 9.17) is 42.6 Å². The number of fused-ring (bicyclic) bond motifs is 1. The molecule has 0 atom stereocenters. The second-order valence-electron chi connectivity index (χ2n) is 13.0. The summed E-state index contributed by atoms with van der Waals surface area (Å²) >= 11 is 13.0. The number of piperidine rings is 1. The molecule has 2 N–H and O–H groups in total. The minimum atomic E-state index is -0.785. The van der Waals surface area contributed by atoms with E-state index in [1.807, 2.05) is 27.7 Å². The third kappa shape index (κ3) is 6.76. The zero-order valence-corrected chi connectivity index (χ0v) is 27.3. The molecule has 1 fully saturated rings. The summed E-state index contributed by atoms with van der Waals surface area (Å²) in [7, 11) is 0. The Morgan fingerprint density at radius 2 is 1.66 bits per heavy atom. The van der Waals surface area contributed by atoms with Gasteiger partial charge in [0, 0.05) is 30.4 Å². The number of nitrogens with one attached hydrogen (secondary N) is 2. The molecule has 4 aromatic rings. The first kappa shape index (κ1) is 31.5. The van der Waals surface area contributed by atoms with Crippen LogP contribution in [0.2, 0.25) is 10.0 Å². The van der Waals surface area contributed by atoms with Crippen LogP contribution in [0.1, 0.15) is 61.3 Å². The number of H-pyrrole nitrogens is 1. The van der Waals surface area contributed by atoms with E-state index in [1.165, 1.54) is 0 Å². The Labute approximate surface area is 265 Å². The SMILES string of the molecule is CC1(NC(=O)OC(C)(C)C)CCN(c2nc3c(nc2-c2cc[nH]n2)c(-c2cccc(Cl)c2Cl)nn3C(=O)OC(C)(C)C)CC1. The van der Waals surface area contributed by atoms with Gasteiger partial charge >= 0.3 is 12.2 Å². The number of carbonyl (C=O) groups is 2. The molecule has 0 radical (unpaired) electrons. The number of aromatic amines is 1. The van der Waals surface area contributed by atoms with Crippen molar-refractivity contribution in [3.8, 4) is 22.6 Å². The first-order valence-corrected chi connectivity index (χ1v) is 15.0.